The fraction of sp³-hybridized carbons (Fsp3) is 0.0870. The highest BCUT2D eigenvalue weighted by molar-refractivity contribution is 7.98. The number of hydrogen-bond donors (Lipinski definition) is 1. The van der Waals surface area contributed by atoms with Crippen LogP contribution >= 0.6 is 11.8 Å². The van der Waals surface area contributed by atoms with E-state index in [1.165, 1.54) is 36.0 Å². The molecule has 1 heterocycles. The highest BCUT2D eigenvalue weighted by atomic mass is 32.2. The highest BCUT2D eigenvalue weighted by Gasteiger charge is 2.17. The van der Waals surface area contributed by atoms with Crippen molar-refractivity contribution in [2.24, 2.45) is 0 Å². The first-order valence-electron chi connectivity index (χ1n) is 9.91. The van der Waals surface area contributed by atoms with Crippen LogP contribution in [0.2, 0.25) is 0 Å². The number of benzene rings is 3. The second-order valence-electron chi connectivity index (χ2n) is 6.97. The molecule has 0 saturated carbocycles. The number of carbonyl (C=O) groups excluding carboxylic acids is 1. The Balaban J connectivity index is 1.59. The van der Waals surface area contributed by atoms with E-state index in [9.17, 15) is 19.3 Å². The van der Waals surface area contributed by atoms with Gasteiger partial charge in [-0.3, -0.25) is 19.5 Å². The van der Waals surface area contributed by atoms with Gasteiger partial charge in [-0.1, -0.05) is 42.1 Å². The number of carbonyl (C=O) groups is 1. The van der Waals surface area contributed by atoms with Gasteiger partial charge in [-0.25, -0.2) is 4.39 Å². The SMILES string of the molecule is O=C(NCc1nnc(SCc2ccc(F)cc2)n1-c1ccc([N+](=O)[O-])cc1)c1ccccc1. The number of nitrogens with one attached hydrogen (secondary N) is 1. The summed E-state index contributed by atoms with van der Waals surface area (Å²) in [5.74, 6) is 0.417. The second-order valence-corrected chi connectivity index (χ2v) is 7.91. The molecular formula is C23H18FN5O3S. The van der Waals surface area contributed by atoms with Crippen LogP contribution in [0.5, 0.6) is 0 Å². The van der Waals surface area contributed by atoms with Crippen molar-refractivity contribution in [3.8, 4) is 5.69 Å². The molecule has 3 aromatic carbocycles. The van der Waals surface area contributed by atoms with Crippen molar-refractivity contribution >= 4 is 23.4 Å². The Morgan fingerprint density at radius 3 is 2.36 bits per heavy atom. The van der Waals surface area contributed by atoms with Crippen LogP contribution in [0.15, 0.2) is 84.0 Å². The molecule has 0 atom stereocenters. The molecule has 8 nitrogen and oxygen atoms in total. The molecule has 0 aliphatic heterocycles. The molecule has 0 saturated heterocycles. The fourth-order valence-corrected chi connectivity index (χ4v) is 4.00. The Labute approximate surface area is 192 Å². The third-order valence-electron chi connectivity index (χ3n) is 4.74. The molecule has 0 spiro atoms. The maximum Gasteiger partial charge on any atom is 0.269 e. The Kier molecular flexibility index (Phi) is 6.75. The second kappa shape index (κ2) is 10.0. The highest BCUT2D eigenvalue weighted by Crippen LogP contribution is 2.26. The zero-order chi connectivity index (χ0) is 23.2. The van der Waals surface area contributed by atoms with Gasteiger partial charge in [-0.05, 0) is 42.0 Å². The van der Waals surface area contributed by atoms with Gasteiger partial charge in [0.1, 0.15) is 5.82 Å². The van der Waals surface area contributed by atoms with Gasteiger partial charge in [0.2, 0.25) is 0 Å². The van der Waals surface area contributed by atoms with E-state index in [1.807, 2.05) is 6.07 Å². The predicted octanol–water partition coefficient (Wildman–Crippen LogP) is 4.54. The Morgan fingerprint density at radius 1 is 1.00 bits per heavy atom. The van der Waals surface area contributed by atoms with Crippen LogP contribution in [-0.2, 0) is 12.3 Å². The fourth-order valence-electron chi connectivity index (χ4n) is 3.07. The summed E-state index contributed by atoms with van der Waals surface area (Å²) in [5, 5.41) is 22.9. The molecule has 0 aliphatic carbocycles. The average Bonchev–Trinajstić information content (AvgIpc) is 3.25. The predicted molar refractivity (Wildman–Crippen MR) is 122 cm³/mol. The first kappa shape index (κ1) is 22.2. The molecule has 4 rings (SSSR count). The number of nitro groups is 1. The monoisotopic (exact) mass is 463 g/mol. The van der Waals surface area contributed by atoms with E-state index < -0.39 is 4.92 Å². The zero-order valence-electron chi connectivity index (χ0n) is 17.2. The topological polar surface area (TPSA) is 103 Å². The van der Waals surface area contributed by atoms with E-state index in [2.05, 4.69) is 15.5 Å². The number of hydrogen-bond acceptors (Lipinski definition) is 6. The van der Waals surface area contributed by atoms with Gasteiger partial charge < -0.3 is 5.32 Å². The van der Waals surface area contributed by atoms with Gasteiger partial charge >= 0.3 is 0 Å². The van der Waals surface area contributed by atoms with E-state index in [-0.39, 0.29) is 24.0 Å². The first-order chi connectivity index (χ1) is 16.0. The number of amides is 1. The van der Waals surface area contributed by atoms with Gasteiger partial charge in [0.05, 0.1) is 11.5 Å². The van der Waals surface area contributed by atoms with Gasteiger partial charge in [0.25, 0.3) is 11.6 Å². The lowest BCUT2D eigenvalue weighted by Gasteiger charge is -2.11. The van der Waals surface area contributed by atoms with Crippen LogP contribution in [0.25, 0.3) is 5.69 Å². The molecule has 10 heteroatoms. The maximum atomic E-state index is 13.2. The third kappa shape index (κ3) is 5.42. The Morgan fingerprint density at radius 2 is 1.70 bits per heavy atom. The summed E-state index contributed by atoms with van der Waals surface area (Å²) in [6.45, 7) is 0.106. The van der Waals surface area contributed by atoms with Gasteiger partial charge in [0.15, 0.2) is 11.0 Å². The van der Waals surface area contributed by atoms with Crippen molar-refractivity contribution in [3.05, 3.63) is 112 Å². The van der Waals surface area contributed by atoms with Crippen LogP contribution in [0.1, 0.15) is 21.7 Å². The molecule has 1 N–H and O–H groups in total. The minimum atomic E-state index is -0.471. The Hall–Kier alpha value is -4.05. The van der Waals surface area contributed by atoms with E-state index in [4.69, 9.17) is 0 Å². The summed E-state index contributed by atoms with van der Waals surface area (Å²) in [5.41, 5.74) is 2.01. The molecule has 33 heavy (non-hydrogen) atoms. The standard InChI is InChI=1S/C23H18FN5O3S/c24-18-8-6-16(7-9-18)15-33-23-27-26-21(14-25-22(30)17-4-2-1-3-5-17)28(23)19-10-12-20(13-11-19)29(31)32/h1-13H,14-15H2,(H,25,30). The normalized spacial score (nSPS) is 10.7. The van der Waals surface area contributed by atoms with Crippen LogP contribution in [0.3, 0.4) is 0 Å². The summed E-state index contributed by atoms with van der Waals surface area (Å²) in [6.07, 6.45) is 0. The van der Waals surface area contributed by atoms with Crippen molar-refractivity contribution in [2.75, 3.05) is 0 Å². The maximum absolute atomic E-state index is 13.2. The van der Waals surface area contributed by atoms with Crippen molar-refractivity contribution < 1.29 is 14.1 Å². The minimum absolute atomic E-state index is 0.0359. The van der Waals surface area contributed by atoms with Crippen molar-refractivity contribution in [3.63, 3.8) is 0 Å². The molecule has 0 fully saturated rings. The zero-order valence-corrected chi connectivity index (χ0v) is 18.0. The molecule has 0 bridgehead atoms. The number of halogens is 1. The summed E-state index contributed by atoms with van der Waals surface area (Å²) in [4.78, 5) is 23.0. The summed E-state index contributed by atoms with van der Waals surface area (Å²) in [6, 6.07) is 21.0. The minimum Gasteiger partial charge on any atom is -0.345 e. The smallest absolute Gasteiger partial charge is 0.269 e. The molecule has 0 aliphatic rings. The summed E-state index contributed by atoms with van der Waals surface area (Å²) >= 11 is 1.38. The van der Waals surface area contributed by atoms with Crippen LogP contribution in [0, 0.1) is 15.9 Å². The largest absolute Gasteiger partial charge is 0.345 e. The van der Waals surface area contributed by atoms with E-state index in [1.54, 1.807) is 53.1 Å². The van der Waals surface area contributed by atoms with Gasteiger partial charge in [-0.2, -0.15) is 0 Å². The van der Waals surface area contributed by atoms with Crippen molar-refractivity contribution in [1.82, 2.24) is 20.1 Å². The number of rotatable bonds is 8. The number of non-ortho nitro benzene ring substituents is 1. The number of nitrogens with zero attached hydrogens (tertiary/aromatic N) is 4. The van der Waals surface area contributed by atoms with E-state index in [0.717, 1.165) is 5.56 Å². The molecule has 0 radical (unpaired) electrons. The number of thioether (sulfide) groups is 1. The van der Waals surface area contributed by atoms with Crippen molar-refractivity contribution in [2.45, 2.75) is 17.5 Å². The average molecular weight is 463 g/mol. The molecule has 1 amide bonds. The molecule has 0 unspecified atom stereocenters. The molecule has 4 aromatic rings. The van der Waals surface area contributed by atoms with Crippen molar-refractivity contribution in [1.29, 1.82) is 0 Å². The summed E-state index contributed by atoms with van der Waals surface area (Å²) < 4.78 is 14.9. The quantitative estimate of drug-likeness (QED) is 0.234. The van der Waals surface area contributed by atoms with Gasteiger partial charge in [-0.15, -0.1) is 10.2 Å². The van der Waals surface area contributed by atoms with E-state index in [0.29, 0.717) is 28.0 Å². The van der Waals surface area contributed by atoms with Crippen LogP contribution in [0.4, 0.5) is 10.1 Å². The van der Waals surface area contributed by atoms with Gasteiger partial charge in [0, 0.05) is 29.1 Å². The van der Waals surface area contributed by atoms with E-state index >= 15 is 0 Å². The van der Waals surface area contributed by atoms with Crippen LogP contribution < -0.4 is 5.32 Å². The lowest BCUT2D eigenvalue weighted by atomic mass is 10.2. The first-order valence-corrected chi connectivity index (χ1v) is 10.9. The number of nitro benzene ring substituents is 1. The third-order valence-corrected chi connectivity index (χ3v) is 5.74. The lowest BCUT2D eigenvalue weighted by molar-refractivity contribution is -0.384. The molecular weight excluding hydrogens is 445 g/mol. The molecule has 1 aromatic heterocycles. The van der Waals surface area contributed by atoms with Crippen LogP contribution in [-0.4, -0.2) is 25.6 Å². The lowest BCUT2D eigenvalue weighted by Crippen LogP contribution is -2.24. The number of aromatic nitrogens is 3. The Bertz CT molecular complexity index is 1260. The molecule has 166 valence electrons. The summed E-state index contributed by atoms with van der Waals surface area (Å²) in [7, 11) is 0.